The van der Waals surface area contributed by atoms with Crippen LogP contribution in [0.2, 0.25) is 0 Å². The van der Waals surface area contributed by atoms with Gasteiger partial charge in [-0.1, -0.05) is 6.07 Å². The van der Waals surface area contributed by atoms with Crippen LogP contribution in [0.1, 0.15) is 15.9 Å². The SMILES string of the molecule is Cc1cc(Br)cnc1NC(=O)c1cccc(O)c1O. The number of carbonyl (C=O) groups is 1. The summed E-state index contributed by atoms with van der Waals surface area (Å²) in [6, 6.07) is 6.00. The van der Waals surface area contributed by atoms with Crippen molar-refractivity contribution in [3.63, 3.8) is 0 Å². The number of benzene rings is 1. The summed E-state index contributed by atoms with van der Waals surface area (Å²) in [7, 11) is 0. The zero-order valence-corrected chi connectivity index (χ0v) is 11.6. The Morgan fingerprint density at radius 2 is 2.11 bits per heavy atom. The number of amides is 1. The predicted octanol–water partition coefficient (Wildman–Crippen LogP) is 2.82. The number of phenolic OH excluding ortho intramolecular Hbond substituents is 2. The molecular weight excluding hydrogens is 312 g/mol. The molecule has 0 saturated heterocycles. The van der Waals surface area contributed by atoms with Crippen LogP contribution in [0, 0.1) is 6.92 Å². The Kier molecular flexibility index (Phi) is 3.71. The van der Waals surface area contributed by atoms with E-state index >= 15 is 0 Å². The van der Waals surface area contributed by atoms with Crippen molar-refractivity contribution in [2.45, 2.75) is 6.92 Å². The van der Waals surface area contributed by atoms with Crippen molar-refractivity contribution in [3.05, 3.63) is 46.1 Å². The fraction of sp³-hybridized carbons (Fsp3) is 0.0769. The number of carbonyl (C=O) groups excluding carboxylic acids is 1. The molecule has 19 heavy (non-hydrogen) atoms. The van der Waals surface area contributed by atoms with Crippen LogP contribution >= 0.6 is 15.9 Å². The summed E-state index contributed by atoms with van der Waals surface area (Å²) >= 11 is 3.28. The van der Waals surface area contributed by atoms with Crippen LogP contribution in [-0.4, -0.2) is 21.1 Å². The van der Waals surface area contributed by atoms with E-state index in [9.17, 15) is 15.0 Å². The van der Waals surface area contributed by atoms with Crippen LogP contribution in [0.25, 0.3) is 0 Å². The average molecular weight is 323 g/mol. The molecule has 2 aromatic rings. The van der Waals surface area contributed by atoms with Gasteiger partial charge >= 0.3 is 0 Å². The molecule has 0 atom stereocenters. The normalized spacial score (nSPS) is 10.2. The number of para-hydroxylation sites is 1. The molecule has 1 aromatic carbocycles. The van der Waals surface area contributed by atoms with Crippen LogP contribution in [0.5, 0.6) is 11.5 Å². The number of nitrogens with one attached hydrogen (secondary N) is 1. The lowest BCUT2D eigenvalue weighted by Gasteiger charge is -2.09. The monoisotopic (exact) mass is 322 g/mol. The number of aromatic hydroxyl groups is 2. The number of halogens is 1. The fourth-order valence-corrected chi connectivity index (χ4v) is 2.01. The van der Waals surface area contributed by atoms with Gasteiger partial charge in [0.1, 0.15) is 5.82 Å². The van der Waals surface area contributed by atoms with Gasteiger partial charge in [-0.15, -0.1) is 0 Å². The van der Waals surface area contributed by atoms with Gasteiger partial charge in [0.05, 0.1) is 5.56 Å². The van der Waals surface area contributed by atoms with E-state index in [2.05, 4.69) is 26.2 Å². The highest BCUT2D eigenvalue weighted by atomic mass is 79.9. The second-order valence-corrected chi connectivity index (χ2v) is 4.86. The van der Waals surface area contributed by atoms with E-state index in [4.69, 9.17) is 0 Å². The maximum Gasteiger partial charge on any atom is 0.260 e. The molecule has 3 N–H and O–H groups in total. The number of aryl methyl sites for hydroxylation is 1. The zero-order chi connectivity index (χ0) is 14.0. The van der Waals surface area contributed by atoms with Crippen molar-refractivity contribution in [1.29, 1.82) is 0 Å². The van der Waals surface area contributed by atoms with Gasteiger partial charge in [-0.05, 0) is 46.6 Å². The van der Waals surface area contributed by atoms with Crippen LogP contribution < -0.4 is 5.32 Å². The number of hydrogen-bond acceptors (Lipinski definition) is 4. The molecule has 0 saturated carbocycles. The molecular formula is C13H11BrN2O3. The van der Waals surface area contributed by atoms with E-state index in [1.807, 2.05) is 6.07 Å². The summed E-state index contributed by atoms with van der Waals surface area (Å²) in [6.45, 7) is 1.80. The first-order chi connectivity index (χ1) is 8.99. The molecule has 0 bridgehead atoms. The molecule has 1 heterocycles. The highest BCUT2D eigenvalue weighted by Crippen LogP contribution is 2.29. The van der Waals surface area contributed by atoms with Crippen molar-refractivity contribution >= 4 is 27.7 Å². The topological polar surface area (TPSA) is 82.5 Å². The third kappa shape index (κ3) is 2.85. The molecule has 2 rings (SSSR count). The smallest absolute Gasteiger partial charge is 0.260 e. The third-order valence-electron chi connectivity index (χ3n) is 2.54. The first-order valence-electron chi connectivity index (χ1n) is 5.43. The van der Waals surface area contributed by atoms with E-state index in [-0.39, 0.29) is 11.3 Å². The van der Waals surface area contributed by atoms with Crippen molar-refractivity contribution in [2.24, 2.45) is 0 Å². The Morgan fingerprint density at radius 3 is 2.79 bits per heavy atom. The van der Waals surface area contributed by atoms with E-state index in [1.165, 1.54) is 18.2 Å². The molecule has 98 valence electrons. The second kappa shape index (κ2) is 5.27. The Hall–Kier alpha value is -2.08. The minimum atomic E-state index is -0.536. The summed E-state index contributed by atoms with van der Waals surface area (Å²) in [5.74, 6) is -0.926. The summed E-state index contributed by atoms with van der Waals surface area (Å²) in [4.78, 5) is 16.1. The zero-order valence-electron chi connectivity index (χ0n) is 10.0. The van der Waals surface area contributed by atoms with Crippen molar-refractivity contribution in [1.82, 2.24) is 4.98 Å². The van der Waals surface area contributed by atoms with Crippen molar-refractivity contribution in [2.75, 3.05) is 5.32 Å². The van der Waals surface area contributed by atoms with Gasteiger partial charge in [-0.3, -0.25) is 4.79 Å². The minimum Gasteiger partial charge on any atom is -0.504 e. The molecule has 5 nitrogen and oxygen atoms in total. The number of nitrogens with zero attached hydrogens (tertiary/aromatic N) is 1. The third-order valence-corrected chi connectivity index (χ3v) is 2.97. The highest BCUT2D eigenvalue weighted by Gasteiger charge is 2.15. The van der Waals surface area contributed by atoms with Gasteiger partial charge < -0.3 is 15.5 Å². The molecule has 0 aliphatic rings. The van der Waals surface area contributed by atoms with Gasteiger partial charge in [0.15, 0.2) is 11.5 Å². The highest BCUT2D eigenvalue weighted by molar-refractivity contribution is 9.10. The van der Waals surface area contributed by atoms with Gasteiger partial charge in [-0.2, -0.15) is 0 Å². The molecule has 1 aromatic heterocycles. The standard InChI is InChI=1S/C13H11BrN2O3/c1-7-5-8(14)6-15-12(7)16-13(19)9-3-2-4-10(17)11(9)18/h2-6,17-18H,1H3,(H,15,16,19). The fourth-order valence-electron chi connectivity index (χ4n) is 1.56. The molecule has 0 radical (unpaired) electrons. The number of pyridine rings is 1. The minimum absolute atomic E-state index is 0.0101. The predicted molar refractivity (Wildman–Crippen MR) is 74.4 cm³/mol. The lowest BCUT2D eigenvalue weighted by Crippen LogP contribution is -2.14. The summed E-state index contributed by atoms with van der Waals surface area (Å²) in [5, 5.41) is 21.6. The van der Waals surface area contributed by atoms with Crippen molar-refractivity contribution < 1.29 is 15.0 Å². The molecule has 0 aliphatic carbocycles. The average Bonchev–Trinajstić information content (AvgIpc) is 2.36. The van der Waals surface area contributed by atoms with Gasteiger partial charge in [0, 0.05) is 10.7 Å². The Balaban J connectivity index is 2.28. The quantitative estimate of drug-likeness (QED) is 0.742. The number of hydrogen-bond donors (Lipinski definition) is 3. The number of anilines is 1. The van der Waals surface area contributed by atoms with Gasteiger partial charge in [0.2, 0.25) is 0 Å². The van der Waals surface area contributed by atoms with E-state index < -0.39 is 11.7 Å². The van der Waals surface area contributed by atoms with Crippen LogP contribution in [-0.2, 0) is 0 Å². The summed E-state index contributed by atoms with van der Waals surface area (Å²) in [5.41, 5.74) is 0.770. The first-order valence-corrected chi connectivity index (χ1v) is 6.23. The maximum atomic E-state index is 12.0. The molecule has 0 fully saturated rings. The number of rotatable bonds is 2. The van der Waals surface area contributed by atoms with Crippen LogP contribution in [0.4, 0.5) is 5.82 Å². The van der Waals surface area contributed by atoms with E-state index in [1.54, 1.807) is 13.1 Å². The summed E-state index contributed by atoms with van der Waals surface area (Å²) < 4.78 is 0.809. The van der Waals surface area contributed by atoms with Gasteiger partial charge in [0.25, 0.3) is 5.91 Å². The Labute approximate surface area is 118 Å². The molecule has 6 heteroatoms. The lowest BCUT2D eigenvalue weighted by molar-refractivity contribution is 0.102. The van der Waals surface area contributed by atoms with Crippen LogP contribution in [0.3, 0.4) is 0 Å². The lowest BCUT2D eigenvalue weighted by atomic mass is 10.1. The molecule has 0 aliphatic heterocycles. The Morgan fingerprint density at radius 1 is 1.37 bits per heavy atom. The number of aromatic nitrogens is 1. The van der Waals surface area contributed by atoms with E-state index in [0.29, 0.717) is 5.82 Å². The number of phenols is 2. The second-order valence-electron chi connectivity index (χ2n) is 3.95. The first kappa shape index (κ1) is 13.4. The molecule has 0 spiro atoms. The van der Waals surface area contributed by atoms with E-state index in [0.717, 1.165) is 10.0 Å². The van der Waals surface area contributed by atoms with Crippen molar-refractivity contribution in [3.8, 4) is 11.5 Å². The van der Waals surface area contributed by atoms with Crippen LogP contribution in [0.15, 0.2) is 34.9 Å². The molecule has 0 unspecified atom stereocenters. The molecule has 1 amide bonds. The van der Waals surface area contributed by atoms with Gasteiger partial charge in [-0.25, -0.2) is 4.98 Å². The largest absolute Gasteiger partial charge is 0.504 e. The Bertz CT molecular complexity index is 644. The maximum absolute atomic E-state index is 12.0. The summed E-state index contributed by atoms with van der Waals surface area (Å²) in [6.07, 6.45) is 1.56.